The number of benzene rings is 3. The van der Waals surface area contributed by atoms with Crippen LogP contribution in [0.4, 0.5) is 10.1 Å². The molecule has 9 heteroatoms. The Hall–Kier alpha value is -3.46. The second-order valence-corrected chi connectivity index (χ2v) is 10.3. The fraction of sp³-hybridized carbons (Fsp3) is 0.308. The second kappa shape index (κ2) is 10.0. The third-order valence-electron chi connectivity index (χ3n) is 6.33. The second-order valence-electron chi connectivity index (χ2n) is 8.50. The fourth-order valence-corrected chi connectivity index (χ4v) is 6.34. The Morgan fingerprint density at radius 1 is 1.06 bits per heavy atom. The Bertz CT molecular complexity index is 1350. The molecule has 3 aromatic carbocycles. The highest BCUT2D eigenvalue weighted by Crippen LogP contribution is 2.42. The molecule has 0 spiro atoms. The standard InChI is InChI=1S/C26H28FN3O4S/c1-3-21(26(32)28-2)29(17-18-12-14-20(27)15-13-18)24(31)11-6-16-30-22-9-4-7-19-8-5-10-23(25(19)22)35(30,33)34/h4-5,7-10,12-15,21H,3,6,11,16-17H2,1-2H3,(H,28,32)/t21-/m1/s1. The van der Waals surface area contributed by atoms with Crippen molar-refractivity contribution in [2.24, 2.45) is 0 Å². The smallest absolute Gasteiger partial charge is 0.265 e. The summed E-state index contributed by atoms with van der Waals surface area (Å²) >= 11 is 0. The molecule has 1 atom stereocenters. The summed E-state index contributed by atoms with van der Waals surface area (Å²) in [4.78, 5) is 27.5. The highest BCUT2D eigenvalue weighted by molar-refractivity contribution is 7.93. The molecule has 35 heavy (non-hydrogen) atoms. The monoisotopic (exact) mass is 497 g/mol. The van der Waals surface area contributed by atoms with E-state index in [-0.39, 0.29) is 48.5 Å². The molecule has 0 radical (unpaired) electrons. The van der Waals surface area contributed by atoms with E-state index in [0.29, 0.717) is 23.1 Å². The van der Waals surface area contributed by atoms with Gasteiger partial charge in [-0.2, -0.15) is 0 Å². The van der Waals surface area contributed by atoms with E-state index in [2.05, 4.69) is 5.32 Å². The van der Waals surface area contributed by atoms with E-state index in [1.807, 2.05) is 25.1 Å². The summed E-state index contributed by atoms with van der Waals surface area (Å²) in [6, 6.07) is 15.8. The van der Waals surface area contributed by atoms with Crippen molar-refractivity contribution in [2.75, 3.05) is 17.9 Å². The number of nitrogens with zero attached hydrogens (tertiary/aromatic N) is 2. The van der Waals surface area contributed by atoms with E-state index in [1.54, 1.807) is 30.3 Å². The Kier molecular flexibility index (Phi) is 7.07. The molecular weight excluding hydrogens is 469 g/mol. The zero-order chi connectivity index (χ0) is 25.2. The van der Waals surface area contributed by atoms with Gasteiger partial charge in [-0.15, -0.1) is 0 Å². The van der Waals surface area contributed by atoms with E-state index in [1.165, 1.54) is 28.4 Å². The molecule has 0 bridgehead atoms. The lowest BCUT2D eigenvalue weighted by molar-refractivity contribution is -0.141. The van der Waals surface area contributed by atoms with Crippen LogP contribution in [0.15, 0.2) is 65.6 Å². The highest BCUT2D eigenvalue weighted by atomic mass is 32.2. The number of anilines is 1. The fourth-order valence-electron chi connectivity index (χ4n) is 4.59. The van der Waals surface area contributed by atoms with Crippen molar-refractivity contribution in [3.05, 3.63) is 72.0 Å². The van der Waals surface area contributed by atoms with Gasteiger partial charge in [0.25, 0.3) is 10.0 Å². The van der Waals surface area contributed by atoms with Crippen LogP contribution in [0.1, 0.15) is 31.7 Å². The first kappa shape index (κ1) is 24.7. The minimum absolute atomic E-state index is 0.0625. The van der Waals surface area contributed by atoms with Crippen LogP contribution in [-0.2, 0) is 26.2 Å². The van der Waals surface area contributed by atoms with Gasteiger partial charge in [0.1, 0.15) is 11.9 Å². The van der Waals surface area contributed by atoms with E-state index in [9.17, 15) is 22.4 Å². The zero-order valence-electron chi connectivity index (χ0n) is 19.7. The molecule has 1 heterocycles. The highest BCUT2D eigenvalue weighted by Gasteiger charge is 2.35. The van der Waals surface area contributed by atoms with E-state index < -0.39 is 16.1 Å². The predicted octanol–water partition coefficient (Wildman–Crippen LogP) is 3.82. The third-order valence-corrected chi connectivity index (χ3v) is 8.19. The van der Waals surface area contributed by atoms with Crippen molar-refractivity contribution in [1.82, 2.24) is 10.2 Å². The van der Waals surface area contributed by atoms with Crippen LogP contribution >= 0.6 is 0 Å². The number of halogens is 1. The molecule has 0 saturated heterocycles. The molecule has 184 valence electrons. The molecule has 1 N–H and O–H groups in total. The maximum absolute atomic E-state index is 13.3. The number of likely N-dealkylation sites (N-methyl/N-ethyl adjacent to an activating group) is 1. The van der Waals surface area contributed by atoms with Gasteiger partial charge in [-0.25, -0.2) is 12.8 Å². The first-order valence-corrected chi connectivity index (χ1v) is 13.0. The van der Waals surface area contributed by atoms with E-state index in [4.69, 9.17) is 0 Å². The molecule has 3 aromatic rings. The van der Waals surface area contributed by atoms with E-state index in [0.717, 1.165) is 5.39 Å². The summed E-state index contributed by atoms with van der Waals surface area (Å²) in [6.07, 6.45) is 0.754. The maximum atomic E-state index is 13.3. The molecule has 0 aromatic heterocycles. The van der Waals surface area contributed by atoms with Gasteiger partial charge < -0.3 is 10.2 Å². The van der Waals surface area contributed by atoms with Gasteiger partial charge in [0.2, 0.25) is 11.8 Å². The van der Waals surface area contributed by atoms with Crippen LogP contribution in [0.25, 0.3) is 10.8 Å². The topological polar surface area (TPSA) is 86.8 Å². The lowest BCUT2D eigenvalue weighted by Crippen LogP contribution is -2.48. The van der Waals surface area contributed by atoms with Crippen molar-refractivity contribution < 1.29 is 22.4 Å². The van der Waals surface area contributed by atoms with Crippen LogP contribution in [-0.4, -0.2) is 44.8 Å². The van der Waals surface area contributed by atoms with Gasteiger partial charge in [0, 0.05) is 31.9 Å². The Morgan fingerprint density at radius 2 is 1.74 bits per heavy atom. The van der Waals surface area contributed by atoms with Crippen LogP contribution in [0.5, 0.6) is 0 Å². The lowest BCUT2D eigenvalue weighted by Gasteiger charge is -2.30. The number of carbonyl (C=O) groups excluding carboxylic acids is 2. The number of rotatable bonds is 9. The first-order valence-electron chi connectivity index (χ1n) is 11.6. The molecule has 4 rings (SSSR count). The predicted molar refractivity (Wildman–Crippen MR) is 133 cm³/mol. The molecule has 0 saturated carbocycles. The number of sulfonamides is 1. The van der Waals surface area contributed by atoms with Crippen molar-refractivity contribution in [3.8, 4) is 0 Å². The molecule has 0 unspecified atom stereocenters. The third kappa shape index (κ3) is 4.73. The van der Waals surface area contributed by atoms with Gasteiger partial charge in [-0.1, -0.05) is 43.3 Å². The number of nitrogens with one attached hydrogen (secondary N) is 1. The number of hydrogen-bond acceptors (Lipinski definition) is 4. The number of amides is 2. The minimum Gasteiger partial charge on any atom is -0.357 e. The lowest BCUT2D eigenvalue weighted by atomic mass is 10.1. The maximum Gasteiger partial charge on any atom is 0.265 e. The number of hydrogen-bond donors (Lipinski definition) is 1. The Morgan fingerprint density at radius 3 is 2.40 bits per heavy atom. The summed E-state index contributed by atoms with van der Waals surface area (Å²) in [5, 5.41) is 4.15. The molecular formula is C26H28FN3O4S. The summed E-state index contributed by atoms with van der Waals surface area (Å²) in [5.41, 5.74) is 1.32. The summed E-state index contributed by atoms with van der Waals surface area (Å²) in [6.45, 7) is 2.11. The van der Waals surface area contributed by atoms with Crippen molar-refractivity contribution in [2.45, 2.75) is 43.7 Å². The molecule has 1 aliphatic rings. The largest absolute Gasteiger partial charge is 0.357 e. The zero-order valence-corrected chi connectivity index (χ0v) is 20.5. The quantitative estimate of drug-likeness (QED) is 0.487. The van der Waals surface area contributed by atoms with Crippen LogP contribution in [0.3, 0.4) is 0 Å². The van der Waals surface area contributed by atoms with E-state index >= 15 is 0 Å². The summed E-state index contributed by atoms with van der Waals surface area (Å²) < 4.78 is 41.1. The molecule has 7 nitrogen and oxygen atoms in total. The van der Waals surface area contributed by atoms with Crippen LogP contribution in [0, 0.1) is 5.82 Å². The molecule has 0 fully saturated rings. The summed E-state index contributed by atoms with van der Waals surface area (Å²) in [5.74, 6) is -0.933. The number of carbonyl (C=O) groups is 2. The van der Waals surface area contributed by atoms with Crippen LogP contribution < -0.4 is 9.62 Å². The Balaban J connectivity index is 1.51. The van der Waals surface area contributed by atoms with Crippen molar-refractivity contribution >= 4 is 38.3 Å². The van der Waals surface area contributed by atoms with Gasteiger partial charge >= 0.3 is 0 Å². The summed E-state index contributed by atoms with van der Waals surface area (Å²) in [7, 11) is -2.18. The average Bonchev–Trinajstić information content (AvgIpc) is 3.08. The molecule has 2 amide bonds. The van der Waals surface area contributed by atoms with Gasteiger partial charge in [0.05, 0.1) is 10.6 Å². The molecule has 1 aliphatic heterocycles. The molecule has 0 aliphatic carbocycles. The normalized spacial score (nSPS) is 14.7. The van der Waals surface area contributed by atoms with Gasteiger partial charge in [0.15, 0.2) is 0 Å². The Labute approximate surface area is 204 Å². The SMILES string of the molecule is CC[C@H](C(=O)NC)N(Cc1ccc(F)cc1)C(=O)CCCN1c2cccc3cccc(c23)S1(=O)=O. The van der Waals surface area contributed by atoms with Crippen LogP contribution in [0.2, 0.25) is 0 Å². The average molecular weight is 498 g/mol. The minimum atomic E-state index is -3.70. The first-order chi connectivity index (χ1) is 16.8. The van der Waals surface area contributed by atoms with Gasteiger partial charge in [-0.3, -0.25) is 13.9 Å². The van der Waals surface area contributed by atoms with Gasteiger partial charge in [-0.05, 0) is 48.1 Å². The van der Waals surface area contributed by atoms with Crippen molar-refractivity contribution in [3.63, 3.8) is 0 Å². The van der Waals surface area contributed by atoms with Crippen molar-refractivity contribution in [1.29, 1.82) is 0 Å².